The fraction of sp³-hybridized carbons (Fsp3) is 0.458. The molecule has 160 valence electrons. The molecule has 30 heavy (non-hydrogen) atoms. The zero-order valence-corrected chi connectivity index (χ0v) is 18.3. The average molecular weight is 427 g/mol. The monoisotopic (exact) mass is 426 g/mol. The van der Waals surface area contributed by atoms with Crippen LogP contribution in [0.5, 0.6) is 0 Å². The van der Waals surface area contributed by atoms with E-state index in [9.17, 15) is 4.79 Å². The van der Waals surface area contributed by atoms with Crippen LogP contribution in [0.3, 0.4) is 0 Å². The van der Waals surface area contributed by atoms with E-state index in [1.807, 2.05) is 23.1 Å². The van der Waals surface area contributed by atoms with Crippen molar-refractivity contribution in [1.82, 2.24) is 14.7 Å². The van der Waals surface area contributed by atoms with E-state index in [-0.39, 0.29) is 5.91 Å². The first-order valence-electron chi connectivity index (χ1n) is 10.9. The number of anilines is 1. The second-order valence-electron chi connectivity index (χ2n) is 8.17. The van der Waals surface area contributed by atoms with Gasteiger partial charge in [-0.25, -0.2) is 0 Å². The quantitative estimate of drug-likeness (QED) is 0.709. The summed E-state index contributed by atoms with van der Waals surface area (Å²) in [5.41, 5.74) is 2.44. The normalized spacial score (nSPS) is 18.6. The summed E-state index contributed by atoms with van der Waals surface area (Å²) >= 11 is 6.32. The van der Waals surface area contributed by atoms with Crippen molar-refractivity contribution in [2.45, 2.75) is 13.0 Å². The summed E-state index contributed by atoms with van der Waals surface area (Å²) in [6.07, 6.45) is 0.616. The number of hydrogen-bond donors (Lipinski definition) is 0. The summed E-state index contributed by atoms with van der Waals surface area (Å²) in [5, 5.41) is 0.781. The Balaban J connectivity index is 1.16. The van der Waals surface area contributed by atoms with E-state index in [1.165, 1.54) is 5.56 Å². The van der Waals surface area contributed by atoms with Crippen LogP contribution in [-0.2, 0) is 11.3 Å². The highest BCUT2D eigenvalue weighted by Crippen LogP contribution is 2.26. The van der Waals surface area contributed by atoms with Gasteiger partial charge in [0.1, 0.15) is 0 Å². The maximum absolute atomic E-state index is 12.7. The highest BCUT2D eigenvalue weighted by atomic mass is 35.5. The molecule has 0 aromatic heterocycles. The van der Waals surface area contributed by atoms with E-state index in [1.54, 1.807) is 0 Å². The van der Waals surface area contributed by atoms with Crippen LogP contribution >= 0.6 is 11.6 Å². The van der Waals surface area contributed by atoms with E-state index >= 15 is 0 Å². The first-order valence-corrected chi connectivity index (χ1v) is 11.3. The zero-order valence-electron chi connectivity index (χ0n) is 17.5. The Kier molecular flexibility index (Phi) is 7.26. The number of para-hydroxylation sites is 1. The second-order valence-corrected chi connectivity index (χ2v) is 8.58. The molecule has 1 amide bonds. The molecular formula is C24H31ClN4O. The molecule has 0 N–H and O–H groups in total. The molecular weight excluding hydrogens is 396 g/mol. The number of halogens is 1. The van der Waals surface area contributed by atoms with Crippen molar-refractivity contribution in [3.05, 3.63) is 65.2 Å². The van der Waals surface area contributed by atoms with Crippen LogP contribution in [0, 0.1) is 0 Å². The van der Waals surface area contributed by atoms with Gasteiger partial charge in [0.2, 0.25) is 5.91 Å². The minimum Gasteiger partial charge on any atom is -0.367 e. The third-order valence-electron chi connectivity index (χ3n) is 6.18. The summed E-state index contributed by atoms with van der Waals surface area (Å²) < 4.78 is 0. The van der Waals surface area contributed by atoms with E-state index in [2.05, 4.69) is 51.1 Å². The molecule has 0 aliphatic carbocycles. The van der Waals surface area contributed by atoms with Gasteiger partial charge in [0, 0.05) is 71.9 Å². The molecule has 4 rings (SSSR count). The number of carbonyl (C=O) groups excluding carboxylic acids is 1. The lowest BCUT2D eigenvalue weighted by Gasteiger charge is -2.37. The first kappa shape index (κ1) is 21.2. The molecule has 0 radical (unpaired) electrons. The van der Waals surface area contributed by atoms with E-state index in [4.69, 9.17) is 11.6 Å². The van der Waals surface area contributed by atoms with Crippen molar-refractivity contribution in [3.8, 4) is 0 Å². The molecule has 2 aliphatic heterocycles. The third kappa shape index (κ3) is 5.54. The number of benzene rings is 2. The lowest BCUT2D eigenvalue weighted by atomic mass is 10.2. The number of piperazine rings is 2. The van der Waals surface area contributed by atoms with Gasteiger partial charge in [-0.15, -0.1) is 0 Å². The lowest BCUT2D eigenvalue weighted by molar-refractivity contribution is -0.131. The Bertz CT molecular complexity index is 815. The smallest absolute Gasteiger partial charge is 0.223 e. The average Bonchev–Trinajstić information content (AvgIpc) is 2.80. The van der Waals surface area contributed by atoms with Crippen molar-refractivity contribution in [2.75, 3.05) is 63.8 Å². The number of nitrogens with zero attached hydrogens (tertiary/aromatic N) is 4. The first-order chi connectivity index (χ1) is 14.7. The van der Waals surface area contributed by atoms with Gasteiger partial charge < -0.3 is 14.7 Å². The van der Waals surface area contributed by atoms with Crippen LogP contribution < -0.4 is 4.90 Å². The van der Waals surface area contributed by atoms with Crippen LogP contribution in [0.1, 0.15) is 12.0 Å². The molecule has 2 heterocycles. The summed E-state index contributed by atoms with van der Waals surface area (Å²) in [7, 11) is 0. The SMILES string of the molecule is O=C(CCN1CCN(Cc2ccccc2)CC1)N1CCN(c2ccccc2Cl)CC1. The maximum Gasteiger partial charge on any atom is 0.223 e. The van der Waals surface area contributed by atoms with Crippen LogP contribution in [0.25, 0.3) is 0 Å². The second kappa shape index (κ2) is 10.3. The Morgan fingerprint density at radius 1 is 0.767 bits per heavy atom. The standard InChI is InChI=1S/C24H31ClN4O/c25-22-8-4-5-9-23(22)28-16-18-29(19-17-28)24(30)10-11-26-12-14-27(15-13-26)20-21-6-2-1-3-7-21/h1-9H,10-20H2. The number of hydrogen-bond acceptors (Lipinski definition) is 4. The molecule has 0 unspecified atom stereocenters. The highest BCUT2D eigenvalue weighted by Gasteiger charge is 2.23. The minimum atomic E-state index is 0.278. The van der Waals surface area contributed by atoms with Crippen LogP contribution in [0.15, 0.2) is 54.6 Å². The van der Waals surface area contributed by atoms with Crippen LogP contribution in [0.2, 0.25) is 5.02 Å². The predicted molar refractivity (Wildman–Crippen MR) is 123 cm³/mol. The maximum atomic E-state index is 12.7. The Labute approximate surface area is 184 Å². The van der Waals surface area contributed by atoms with Crippen molar-refractivity contribution >= 4 is 23.2 Å². The van der Waals surface area contributed by atoms with Crippen molar-refractivity contribution < 1.29 is 4.79 Å². The topological polar surface area (TPSA) is 30.0 Å². The molecule has 2 aliphatic rings. The molecule has 5 nitrogen and oxygen atoms in total. The molecule has 0 spiro atoms. The van der Waals surface area contributed by atoms with Gasteiger partial charge in [-0.1, -0.05) is 54.1 Å². The third-order valence-corrected chi connectivity index (χ3v) is 6.50. The molecule has 6 heteroatoms. The summed E-state index contributed by atoms with van der Waals surface area (Å²) in [6, 6.07) is 18.6. The highest BCUT2D eigenvalue weighted by molar-refractivity contribution is 6.33. The van der Waals surface area contributed by atoms with Gasteiger partial charge in [-0.2, -0.15) is 0 Å². The fourth-order valence-electron chi connectivity index (χ4n) is 4.33. The Morgan fingerprint density at radius 2 is 1.40 bits per heavy atom. The Morgan fingerprint density at radius 3 is 2.10 bits per heavy atom. The number of rotatable bonds is 6. The fourth-order valence-corrected chi connectivity index (χ4v) is 4.58. The zero-order chi connectivity index (χ0) is 20.8. The summed E-state index contributed by atoms with van der Waals surface area (Å²) in [5.74, 6) is 0.278. The lowest BCUT2D eigenvalue weighted by Crippen LogP contribution is -2.50. The molecule has 0 saturated carbocycles. The largest absolute Gasteiger partial charge is 0.367 e. The molecule has 0 bridgehead atoms. The van der Waals surface area contributed by atoms with Crippen LogP contribution in [0.4, 0.5) is 5.69 Å². The minimum absolute atomic E-state index is 0.278. The Hall–Kier alpha value is -2.08. The molecule has 2 aromatic rings. The van der Waals surface area contributed by atoms with Crippen molar-refractivity contribution in [1.29, 1.82) is 0 Å². The predicted octanol–water partition coefficient (Wildman–Crippen LogP) is 3.20. The van der Waals surface area contributed by atoms with Gasteiger partial charge in [0.15, 0.2) is 0 Å². The van der Waals surface area contributed by atoms with Gasteiger partial charge in [0.25, 0.3) is 0 Å². The van der Waals surface area contributed by atoms with Gasteiger partial charge >= 0.3 is 0 Å². The summed E-state index contributed by atoms with van der Waals surface area (Å²) in [6.45, 7) is 9.33. The molecule has 2 fully saturated rings. The van der Waals surface area contributed by atoms with Crippen LogP contribution in [-0.4, -0.2) is 79.5 Å². The number of amides is 1. The van der Waals surface area contributed by atoms with Crippen molar-refractivity contribution in [2.24, 2.45) is 0 Å². The van der Waals surface area contributed by atoms with Crippen molar-refractivity contribution in [3.63, 3.8) is 0 Å². The van der Waals surface area contributed by atoms with Gasteiger partial charge in [-0.05, 0) is 17.7 Å². The van der Waals surface area contributed by atoms with E-state index in [0.29, 0.717) is 6.42 Å². The van der Waals surface area contributed by atoms with E-state index < -0.39 is 0 Å². The number of carbonyl (C=O) groups is 1. The molecule has 2 saturated heterocycles. The molecule has 0 atom stereocenters. The van der Waals surface area contributed by atoms with E-state index in [0.717, 1.165) is 76.2 Å². The summed E-state index contributed by atoms with van der Waals surface area (Å²) in [4.78, 5) is 21.9. The molecule has 2 aromatic carbocycles. The van der Waals surface area contributed by atoms with Gasteiger partial charge in [-0.3, -0.25) is 9.69 Å². The van der Waals surface area contributed by atoms with Gasteiger partial charge in [0.05, 0.1) is 10.7 Å².